The third kappa shape index (κ3) is 2.79. The Kier molecular flexibility index (Phi) is 3.90. The molecule has 0 bridgehead atoms. The predicted octanol–water partition coefficient (Wildman–Crippen LogP) is 2.64. The van der Waals surface area contributed by atoms with E-state index in [1.807, 2.05) is 0 Å². The Balaban J connectivity index is 1.50. The molecule has 124 valence electrons. The number of hydrogen-bond acceptors (Lipinski definition) is 3. The first-order valence-corrected chi connectivity index (χ1v) is 8.79. The van der Waals surface area contributed by atoms with E-state index in [-0.39, 0.29) is 11.7 Å². The quantitative estimate of drug-likeness (QED) is 0.861. The molecule has 0 aromatic heterocycles. The van der Waals surface area contributed by atoms with E-state index >= 15 is 0 Å². The van der Waals surface area contributed by atoms with E-state index in [1.54, 1.807) is 0 Å². The van der Waals surface area contributed by atoms with E-state index < -0.39 is 0 Å². The van der Waals surface area contributed by atoms with Crippen molar-refractivity contribution >= 4 is 5.91 Å². The van der Waals surface area contributed by atoms with E-state index in [4.69, 9.17) is 9.47 Å². The summed E-state index contributed by atoms with van der Waals surface area (Å²) in [5.74, 6) is 0.634. The fraction of sp³-hybridized carbons (Fsp3) is 0.632. The van der Waals surface area contributed by atoms with Crippen molar-refractivity contribution in [1.29, 1.82) is 0 Å². The SMILES string of the molecule is Cc1cccc(C2(C(=O)N3CCCC(C4OCCO4)C3)CC2)c1. The Morgan fingerprint density at radius 2 is 2.04 bits per heavy atom. The van der Waals surface area contributed by atoms with Gasteiger partial charge in [-0.15, -0.1) is 0 Å². The van der Waals surface area contributed by atoms with Crippen LogP contribution < -0.4 is 0 Å². The maximum Gasteiger partial charge on any atom is 0.233 e. The first kappa shape index (κ1) is 15.2. The molecule has 1 unspecified atom stereocenters. The van der Waals surface area contributed by atoms with E-state index in [0.29, 0.717) is 25.0 Å². The smallest absolute Gasteiger partial charge is 0.233 e. The lowest BCUT2D eigenvalue weighted by Gasteiger charge is -2.36. The first-order valence-electron chi connectivity index (χ1n) is 8.79. The summed E-state index contributed by atoms with van der Waals surface area (Å²) in [4.78, 5) is 15.3. The molecule has 0 N–H and O–H groups in total. The lowest BCUT2D eigenvalue weighted by atomic mass is 9.90. The van der Waals surface area contributed by atoms with Gasteiger partial charge in [-0.05, 0) is 38.2 Å². The summed E-state index contributed by atoms with van der Waals surface area (Å²) in [6.45, 7) is 5.10. The second-order valence-corrected chi connectivity index (χ2v) is 7.22. The van der Waals surface area contributed by atoms with Gasteiger partial charge in [0, 0.05) is 19.0 Å². The normalized spacial score (nSPS) is 27.2. The molecule has 3 aliphatic rings. The lowest BCUT2D eigenvalue weighted by Crippen LogP contribution is -2.47. The van der Waals surface area contributed by atoms with Gasteiger partial charge >= 0.3 is 0 Å². The van der Waals surface area contributed by atoms with Crippen LogP contribution in [0.15, 0.2) is 24.3 Å². The Bertz CT molecular complexity index is 590. The lowest BCUT2D eigenvalue weighted by molar-refractivity contribution is -0.141. The molecule has 4 heteroatoms. The Labute approximate surface area is 137 Å². The van der Waals surface area contributed by atoms with Crippen LogP contribution in [-0.4, -0.2) is 43.4 Å². The molecule has 2 aliphatic heterocycles. The molecule has 1 saturated carbocycles. The van der Waals surface area contributed by atoms with Crippen LogP contribution in [0, 0.1) is 12.8 Å². The van der Waals surface area contributed by atoms with Crippen molar-refractivity contribution in [2.24, 2.45) is 5.92 Å². The van der Waals surface area contributed by atoms with Crippen LogP contribution in [0.5, 0.6) is 0 Å². The zero-order chi connectivity index (χ0) is 15.9. The number of nitrogens with zero attached hydrogens (tertiary/aromatic N) is 1. The molecule has 0 radical (unpaired) electrons. The van der Waals surface area contributed by atoms with Crippen molar-refractivity contribution in [3.8, 4) is 0 Å². The number of hydrogen-bond donors (Lipinski definition) is 0. The van der Waals surface area contributed by atoms with Crippen LogP contribution in [0.3, 0.4) is 0 Å². The highest BCUT2D eigenvalue weighted by molar-refractivity contribution is 5.91. The Morgan fingerprint density at radius 1 is 1.26 bits per heavy atom. The molecule has 1 atom stereocenters. The molecule has 2 saturated heterocycles. The minimum absolute atomic E-state index is 0.111. The number of carbonyl (C=O) groups is 1. The van der Waals surface area contributed by atoms with Gasteiger partial charge in [-0.2, -0.15) is 0 Å². The maximum absolute atomic E-state index is 13.2. The second kappa shape index (κ2) is 5.91. The van der Waals surface area contributed by atoms with E-state index in [0.717, 1.165) is 38.8 Å². The summed E-state index contributed by atoms with van der Waals surface area (Å²) >= 11 is 0. The molecule has 1 amide bonds. The van der Waals surface area contributed by atoms with Gasteiger partial charge in [-0.25, -0.2) is 0 Å². The molecular weight excluding hydrogens is 290 g/mol. The molecule has 23 heavy (non-hydrogen) atoms. The molecule has 1 aromatic carbocycles. The average Bonchev–Trinajstić information content (AvgIpc) is 3.21. The topological polar surface area (TPSA) is 38.8 Å². The largest absolute Gasteiger partial charge is 0.350 e. The average molecular weight is 315 g/mol. The highest BCUT2D eigenvalue weighted by Gasteiger charge is 2.53. The van der Waals surface area contributed by atoms with Crippen LogP contribution in [0.4, 0.5) is 0 Å². The standard InChI is InChI=1S/C19H25NO3/c1-14-4-2-6-16(12-14)19(7-8-19)18(21)20-9-3-5-15(13-20)17-22-10-11-23-17/h2,4,6,12,15,17H,3,5,7-11,13H2,1H3. The predicted molar refractivity (Wildman–Crippen MR) is 87.1 cm³/mol. The van der Waals surface area contributed by atoms with Gasteiger partial charge in [0.05, 0.1) is 18.6 Å². The van der Waals surface area contributed by atoms with Gasteiger partial charge in [0.2, 0.25) is 5.91 Å². The summed E-state index contributed by atoms with van der Waals surface area (Å²) < 4.78 is 11.3. The van der Waals surface area contributed by atoms with E-state index in [2.05, 4.69) is 36.1 Å². The monoisotopic (exact) mass is 315 g/mol. The van der Waals surface area contributed by atoms with Gasteiger partial charge in [-0.1, -0.05) is 29.8 Å². The van der Waals surface area contributed by atoms with Crippen molar-refractivity contribution in [3.05, 3.63) is 35.4 Å². The number of rotatable bonds is 3. The minimum atomic E-state index is -0.259. The highest BCUT2D eigenvalue weighted by Crippen LogP contribution is 2.50. The van der Waals surface area contributed by atoms with Crippen molar-refractivity contribution in [2.75, 3.05) is 26.3 Å². The summed E-state index contributed by atoms with van der Waals surface area (Å²) in [5.41, 5.74) is 2.16. The fourth-order valence-corrected chi connectivity index (χ4v) is 4.06. The maximum atomic E-state index is 13.2. The van der Waals surface area contributed by atoms with Crippen molar-refractivity contribution in [3.63, 3.8) is 0 Å². The zero-order valence-corrected chi connectivity index (χ0v) is 13.8. The van der Waals surface area contributed by atoms with Gasteiger partial charge < -0.3 is 14.4 Å². The number of aryl methyl sites for hydroxylation is 1. The van der Waals surface area contributed by atoms with Crippen molar-refractivity contribution in [1.82, 2.24) is 4.90 Å². The molecule has 0 spiro atoms. The molecule has 4 nitrogen and oxygen atoms in total. The number of amides is 1. The van der Waals surface area contributed by atoms with Crippen molar-refractivity contribution in [2.45, 2.75) is 44.3 Å². The Hall–Kier alpha value is -1.39. The number of ether oxygens (including phenoxy) is 2. The number of benzene rings is 1. The molecule has 1 aromatic rings. The summed E-state index contributed by atoms with van der Waals surface area (Å²) in [7, 11) is 0. The van der Waals surface area contributed by atoms with Crippen LogP contribution in [0.2, 0.25) is 0 Å². The Morgan fingerprint density at radius 3 is 2.74 bits per heavy atom. The van der Waals surface area contributed by atoms with Gasteiger partial charge in [0.1, 0.15) is 0 Å². The first-order chi connectivity index (χ1) is 11.2. The highest BCUT2D eigenvalue weighted by atomic mass is 16.7. The summed E-state index contributed by atoms with van der Waals surface area (Å²) in [6, 6.07) is 8.45. The zero-order valence-electron chi connectivity index (χ0n) is 13.8. The summed E-state index contributed by atoms with van der Waals surface area (Å²) in [6.07, 6.45) is 3.98. The third-order valence-electron chi connectivity index (χ3n) is 5.51. The van der Waals surface area contributed by atoms with Crippen LogP contribution in [-0.2, 0) is 19.7 Å². The number of piperidine rings is 1. The number of carbonyl (C=O) groups excluding carboxylic acids is 1. The van der Waals surface area contributed by atoms with Crippen LogP contribution in [0.1, 0.15) is 36.8 Å². The molecule has 4 rings (SSSR count). The molecule has 3 fully saturated rings. The van der Waals surface area contributed by atoms with Gasteiger partial charge in [-0.3, -0.25) is 4.79 Å². The third-order valence-corrected chi connectivity index (χ3v) is 5.51. The second-order valence-electron chi connectivity index (χ2n) is 7.22. The fourth-order valence-electron chi connectivity index (χ4n) is 4.06. The molecule has 2 heterocycles. The van der Waals surface area contributed by atoms with Crippen LogP contribution >= 0.6 is 0 Å². The molecule has 1 aliphatic carbocycles. The van der Waals surface area contributed by atoms with Crippen LogP contribution in [0.25, 0.3) is 0 Å². The molecular formula is C19H25NO3. The van der Waals surface area contributed by atoms with Gasteiger partial charge in [0.25, 0.3) is 0 Å². The van der Waals surface area contributed by atoms with E-state index in [9.17, 15) is 4.79 Å². The van der Waals surface area contributed by atoms with Gasteiger partial charge in [0.15, 0.2) is 6.29 Å². The minimum Gasteiger partial charge on any atom is -0.350 e. The van der Waals surface area contributed by atoms with Crippen molar-refractivity contribution < 1.29 is 14.3 Å². The summed E-state index contributed by atoms with van der Waals surface area (Å²) in [5, 5.41) is 0. The van der Waals surface area contributed by atoms with E-state index in [1.165, 1.54) is 11.1 Å². The number of likely N-dealkylation sites (tertiary alicyclic amines) is 1.